The number of hydrogen-bond acceptors (Lipinski definition) is 3. The highest BCUT2D eigenvalue weighted by Crippen LogP contribution is 2.37. The summed E-state index contributed by atoms with van der Waals surface area (Å²) in [6.07, 6.45) is -3.52. The number of allylic oxidation sites excluding steroid dienone is 4. The van der Waals surface area contributed by atoms with Gasteiger partial charge in [0.15, 0.2) is 0 Å². The van der Waals surface area contributed by atoms with E-state index in [1.807, 2.05) is 0 Å². The fraction of sp³-hybridized carbons (Fsp3) is 0.409. The molecule has 1 aromatic rings. The maximum absolute atomic E-state index is 14.0. The summed E-state index contributed by atoms with van der Waals surface area (Å²) in [5.74, 6) is -1.86. The van der Waals surface area contributed by atoms with Gasteiger partial charge in [-0.05, 0) is 49.1 Å². The second-order valence-electron chi connectivity index (χ2n) is 6.85. The summed E-state index contributed by atoms with van der Waals surface area (Å²) in [5, 5.41) is 9.01. The molecule has 0 saturated heterocycles. The summed E-state index contributed by atoms with van der Waals surface area (Å²) in [5.41, 5.74) is -0.969. The summed E-state index contributed by atoms with van der Waals surface area (Å²) in [6, 6.07) is 6.67. The van der Waals surface area contributed by atoms with E-state index < -0.39 is 35.8 Å². The zero-order valence-corrected chi connectivity index (χ0v) is 16.5. The van der Waals surface area contributed by atoms with Crippen LogP contribution in [0.1, 0.15) is 44.3 Å². The van der Waals surface area contributed by atoms with Crippen molar-refractivity contribution in [2.75, 3.05) is 6.61 Å². The lowest BCUT2D eigenvalue weighted by Crippen LogP contribution is -2.18. The van der Waals surface area contributed by atoms with Gasteiger partial charge >= 0.3 is 12.1 Å². The van der Waals surface area contributed by atoms with Gasteiger partial charge in [0.2, 0.25) is 0 Å². The quantitative estimate of drug-likeness (QED) is 0.536. The van der Waals surface area contributed by atoms with Gasteiger partial charge < -0.3 is 14.6 Å². The van der Waals surface area contributed by atoms with Crippen LogP contribution in [0.4, 0.5) is 17.6 Å². The fourth-order valence-corrected chi connectivity index (χ4v) is 3.18. The molecule has 0 spiro atoms. The molecule has 164 valence electrons. The molecule has 0 amide bonds. The smallest absolute Gasteiger partial charge is 0.419 e. The molecule has 2 rings (SSSR count). The van der Waals surface area contributed by atoms with Gasteiger partial charge in [0.05, 0.1) is 18.1 Å². The zero-order valence-electron chi connectivity index (χ0n) is 16.5. The second kappa shape index (κ2) is 10.4. The van der Waals surface area contributed by atoms with E-state index in [-0.39, 0.29) is 31.3 Å². The maximum Gasteiger partial charge on any atom is 0.419 e. The number of carbonyl (C=O) groups is 1. The van der Waals surface area contributed by atoms with Crippen molar-refractivity contribution in [2.24, 2.45) is 0 Å². The molecule has 0 unspecified atom stereocenters. The highest BCUT2D eigenvalue weighted by Gasteiger charge is 2.38. The van der Waals surface area contributed by atoms with Crippen molar-refractivity contribution in [3.8, 4) is 5.75 Å². The number of alkyl halides is 3. The molecule has 0 fully saturated rings. The van der Waals surface area contributed by atoms with Gasteiger partial charge in [0, 0.05) is 13.0 Å². The molecule has 2 atom stereocenters. The molecule has 1 N–H and O–H groups in total. The van der Waals surface area contributed by atoms with E-state index in [2.05, 4.69) is 6.58 Å². The van der Waals surface area contributed by atoms with E-state index in [4.69, 9.17) is 14.6 Å². The van der Waals surface area contributed by atoms with Crippen LogP contribution in [-0.4, -0.2) is 30.0 Å². The van der Waals surface area contributed by atoms with Crippen LogP contribution in [0.15, 0.2) is 60.0 Å². The Hall–Kier alpha value is -2.61. The average molecular weight is 428 g/mol. The van der Waals surface area contributed by atoms with Crippen molar-refractivity contribution in [2.45, 2.75) is 51.0 Å². The van der Waals surface area contributed by atoms with E-state index in [0.29, 0.717) is 17.9 Å². The lowest BCUT2D eigenvalue weighted by atomic mass is 10.00. The predicted octanol–water partition coefficient (Wildman–Crippen LogP) is 6.07. The first-order valence-corrected chi connectivity index (χ1v) is 9.53. The molecule has 0 bridgehead atoms. The van der Waals surface area contributed by atoms with E-state index in [0.717, 1.165) is 6.08 Å². The zero-order chi connectivity index (χ0) is 22.3. The summed E-state index contributed by atoms with van der Waals surface area (Å²) >= 11 is 0. The number of carboxylic acid groups (broad SMARTS) is 1. The molecule has 0 saturated carbocycles. The lowest BCUT2D eigenvalue weighted by molar-refractivity contribution is -0.140. The number of ether oxygens (including phenoxy) is 2. The summed E-state index contributed by atoms with van der Waals surface area (Å²) in [4.78, 5) is 11.0. The van der Waals surface area contributed by atoms with Gasteiger partial charge in [-0.25, -0.2) is 4.39 Å². The number of aliphatic carboxylic acids is 1. The molecule has 1 aromatic carbocycles. The maximum atomic E-state index is 14.0. The number of hydrogen-bond donors (Lipinski definition) is 1. The van der Waals surface area contributed by atoms with Gasteiger partial charge in [-0.3, -0.25) is 4.79 Å². The van der Waals surface area contributed by atoms with Crippen LogP contribution < -0.4 is 4.74 Å². The number of carboxylic acids is 1. The summed E-state index contributed by atoms with van der Waals surface area (Å²) < 4.78 is 64.6. The topological polar surface area (TPSA) is 55.8 Å². The first kappa shape index (κ1) is 23.7. The Morgan fingerprint density at radius 3 is 2.53 bits per heavy atom. The minimum absolute atomic E-state index is 0.0578. The molecule has 4 nitrogen and oxygen atoms in total. The molecule has 1 aliphatic carbocycles. The minimum Gasteiger partial charge on any atom is -0.490 e. The predicted molar refractivity (Wildman–Crippen MR) is 104 cm³/mol. The van der Waals surface area contributed by atoms with Gasteiger partial charge in [-0.1, -0.05) is 24.8 Å². The Bertz CT molecular complexity index is 809. The van der Waals surface area contributed by atoms with E-state index >= 15 is 0 Å². The van der Waals surface area contributed by atoms with Gasteiger partial charge in [-0.2, -0.15) is 13.2 Å². The first-order chi connectivity index (χ1) is 14.1. The van der Waals surface area contributed by atoms with Gasteiger partial charge in [-0.15, -0.1) is 0 Å². The van der Waals surface area contributed by atoms with Crippen LogP contribution in [0.5, 0.6) is 5.75 Å². The third-order valence-corrected chi connectivity index (χ3v) is 4.59. The molecule has 0 aliphatic heterocycles. The summed E-state index contributed by atoms with van der Waals surface area (Å²) in [7, 11) is 0. The Labute approximate surface area is 172 Å². The SMILES string of the molecule is C=C1CC[C@@H](Oc2ccc([C@H](CC(=O)O)OCC)cc2)C/C=C\C(F)=C/1C(F)(F)F. The molecule has 8 heteroatoms. The van der Waals surface area contributed by atoms with E-state index in [1.54, 1.807) is 31.2 Å². The number of rotatable bonds is 7. The molecule has 0 radical (unpaired) electrons. The summed E-state index contributed by atoms with van der Waals surface area (Å²) in [6.45, 7) is 5.53. The minimum atomic E-state index is -4.81. The second-order valence-corrected chi connectivity index (χ2v) is 6.85. The van der Waals surface area contributed by atoms with Crippen LogP contribution >= 0.6 is 0 Å². The van der Waals surface area contributed by atoms with E-state index in [1.165, 1.54) is 6.08 Å². The van der Waals surface area contributed by atoms with Crippen molar-refractivity contribution in [1.29, 1.82) is 0 Å². The van der Waals surface area contributed by atoms with Crippen molar-refractivity contribution in [3.63, 3.8) is 0 Å². The normalized spacial score (nSPS) is 22.6. The molecule has 0 aromatic heterocycles. The van der Waals surface area contributed by atoms with Crippen LogP contribution in [0.3, 0.4) is 0 Å². The highest BCUT2D eigenvalue weighted by atomic mass is 19.4. The Balaban J connectivity index is 2.08. The Morgan fingerprint density at radius 1 is 1.30 bits per heavy atom. The van der Waals surface area contributed by atoms with Crippen LogP contribution in [0.25, 0.3) is 0 Å². The first-order valence-electron chi connectivity index (χ1n) is 9.53. The fourth-order valence-electron chi connectivity index (χ4n) is 3.18. The van der Waals surface area contributed by atoms with Gasteiger partial charge in [0.25, 0.3) is 0 Å². The molecular formula is C22H24F4O4. The van der Waals surface area contributed by atoms with Crippen molar-refractivity contribution < 1.29 is 36.9 Å². The average Bonchev–Trinajstić information content (AvgIpc) is 2.71. The third-order valence-electron chi connectivity index (χ3n) is 4.59. The lowest BCUT2D eigenvalue weighted by Gasteiger charge is -2.20. The van der Waals surface area contributed by atoms with Gasteiger partial charge in [0.1, 0.15) is 17.7 Å². The van der Waals surface area contributed by atoms with Crippen molar-refractivity contribution in [3.05, 3.63) is 65.5 Å². The van der Waals surface area contributed by atoms with Crippen LogP contribution in [0, 0.1) is 0 Å². The standard InChI is InChI=1S/C22H24F4O4/c1-3-29-19(13-20(27)28)15-8-11-17(12-9-15)30-16-5-4-6-18(23)21(22(24,25)26)14(2)7-10-16/h4,6,8-9,11-12,16,19H,2-3,5,7,10,13H2,1H3,(H,27,28)/b6-4-,21-18-/t16-,19-/m0/s1. The van der Waals surface area contributed by atoms with Crippen molar-refractivity contribution in [1.82, 2.24) is 0 Å². The number of halogens is 4. The van der Waals surface area contributed by atoms with E-state index in [9.17, 15) is 22.4 Å². The molecule has 0 heterocycles. The molecule has 1 aliphatic rings. The molecular weight excluding hydrogens is 404 g/mol. The molecule has 30 heavy (non-hydrogen) atoms. The third kappa shape index (κ3) is 6.73. The monoisotopic (exact) mass is 428 g/mol. The van der Waals surface area contributed by atoms with Crippen LogP contribution in [0.2, 0.25) is 0 Å². The Kier molecular flexibility index (Phi) is 8.23. The Morgan fingerprint density at radius 2 is 1.97 bits per heavy atom. The highest BCUT2D eigenvalue weighted by molar-refractivity contribution is 5.67. The number of benzene rings is 1. The largest absolute Gasteiger partial charge is 0.490 e. The van der Waals surface area contributed by atoms with Crippen molar-refractivity contribution >= 4 is 5.97 Å². The van der Waals surface area contributed by atoms with Crippen LogP contribution in [-0.2, 0) is 9.53 Å².